The first-order valence-electron chi connectivity index (χ1n) is 8.97. The van der Waals surface area contributed by atoms with Crippen LogP contribution in [-0.2, 0) is 12.0 Å². The van der Waals surface area contributed by atoms with Gasteiger partial charge in [-0.15, -0.1) is 0 Å². The summed E-state index contributed by atoms with van der Waals surface area (Å²) < 4.78 is 5.37. The third-order valence-corrected chi connectivity index (χ3v) is 7.23. The second-order valence-corrected chi connectivity index (χ2v) is 7.99. The lowest BCUT2D eigenvalue weighted by atomic mass is 9.52. The number of benzene rings is 1. The minimum Gasteiger partial charge on any atom is -0.497 e. The van der Waals surface area contributed by atoms with Crippen molar-refractivity contribution in [2.45, 2.75) is 57.1 Å². The van der Waals surface area contributed by atoms with E-state index in [2.05, 4.69) is 29.1 Å². The van der Waals surface area contributed by atoms with Gasteiger partial charge >= 0.3 is 0 Å². The van der Waals surface area contributed by atoms with E-state index in [9.17, 15) is 10.6 Å². The molecular weight excluding hydrogens is 302 g/mol. The third kappa shape index (κ3) is 1.95. The molecule has 4 rings (SSSR count). The molecule has 0 radical (unpaired) electrons. The molecule has 2 saturated carbocycles. The molecule has 0 aliphatic heterocycles. The van der Waals surface area contributed by atoms with Crippen molar-refractivity contribution in [3.8, 4) is 5.75 Å². The first kappa shape index (κ1) is 15.8. The first-order valence-corrected chi connectivity index (χ1v) is 8.97. The Kier molecular flexibility index (Phi) is 3.55. The van der Waals surface area contributed by atoms with Crippen LogP contribution in [0.15, 0.2) is 23.3 Å². The summed E-state index contributed by atoms with van der Waals surface area (Å²) in [5, 5.41) is 14.9. The number of aliphatic hydroxyl groups is 1. The minimum atomic E-state index is -0.456. The van der Waals surface area contributed by atoms with Crippen molar-refractivity contribution in [2.24, 2.45) is 22.4 Å². The standard InChI is InChI=1S/C19H25N3O2/c1-18-9-10-19(21-22-20)14-6-4-13(24-2)11-12(14)3-5-16(19)15(18)7-8-17(18)23/h4,6,11,15-17,23H,3,5,7-10H2,1-2H3/t15-,16-,17-,18-,19-/m0/s1. The van der Waals surface area contributed by atoms with Gasteiger partial charge in [-0.25, -0.2) is 0 Å². The topological polar surface area (TPSA) is 78.2 Å². The lowest BCUT2D eigenvalue weighted by Crippen LogP contribution is -2.52. The Morgan fingerprint density at radius 1 is 1.25 bits per heavy atom. The molecule has 0 unspecified atom stereocenters. The van der Waals surface area contributed by atoms with Crippen LogP contribution in [-0.4, -0.2) is 18.3 Å². The quantitative estimate of drug-likeness (QED) is 0.498. The van der Waals surface area contributed by atoms with Gasteiger partial charge < -0.3 is 9.84 Å². The van der Waals surface area contributed by atoms with Gasteiger partial charge in [0.15, 0.2) is 0 Å². The van der Waals surface area contributed by atoms with Crippen LogP contribution in [0.5, 0.6) is 5.75 Å². The lowest BCUT2D eigenvalue weighted by molar-refractivity contribution is -0.0493. The van der Waals surface area contributed by atoms with Crippen LogP contribution in [0.3, 0.4) is 0 Å². The van der Waals surface area contributed by atoms with Crippen LogP contribution in [0.2, 0.25) is 0 Å². The fraction of sp³-hybridized carbons (Fsp3) is 0.684. The predicted molar refractivity (Wildman–Crippen MR) is 91.7 cm³/mol. The van der Waals surface area contributed by atoms with Crippen LogP contribution in [0, 0.1) is 17.3 Å². The molecule has 0 amide bonds. The van der Waals surface area contributed by atoms with Gasteiger partial charge in [-0.1, -0.05) is 18.1 Å². The van der Waals surface area contributed by atoms with E-state index in [1.165, 1.54) is 11.1 Å². The van der Waals surface area contributed by atoms with Gasteiger partial charge in [0.2, 0.25) is 0 Å². The van der Waals surface area contributed by atoms with Crippen molar-refractivity contribution in [1.82, 2.24) is 0 Å². The van der Waals surface area contributed by atoms with Gasteiger partial charge in [0.1, 0.15) is 5.75 Å². The molecule has 0 aromatic heterocycles. The molecule has 1 N–H and O–H groups in total. The molecule has 5 nitrogen and oxygen atoms in total. The van der Waals surface area contributed by atoms with E-state index in [1.807, 2.05) is 6.07 Å². The van der Waals surface area contributed by atoms with Crippen molar-refractivity contribution in [1.29, 1.82) is 0 Å². The minimum absolute atomic E-state index is 0.0247. The average Bonchev–Trinajstić information content (AvgIpc) is 2.90. The smallest absolute Gasteiger partial charge is 0.119 e. The number of aliphatic hydroxyl groups excluding tert-OH is 1. The fourth-order valence-corrected chi connectivity index (χ4v) is 5.90. The Morgan fingerprint density at radius 3 is 2.83 bits per heavy atom. The van der Waals surface area contributed by atoms with Crippen LogP contribution in [0.4, 0.5) is 0 Å². The number of nitrogens with zero attached hydrogens (tertiary/aromatic N) is 3. The molecular formula is C19H25N3O2. The second kappa shape index (κ2) is 5.40. The number of rotatable bonds is 2. The van der Waals surface area contributed by atoms with Crippen LogP contribution >= 0.6 is 0 Å². The molecule has 3 aliphatic rings. The highest BCUT2D eigenvalue weighted by Crippen LogP contribution is 2.63. The van der Waals surface area contributed by atoms with Gasteiger partial charge in [-0.3, -0.25) is 0 Å². The van der Waals surface area contributed by atoms with E-state index in [0.717, 1.165) is 44.3 Å². The molecule has 5 heteroatoms. The van der Waals surface area contributed by atoms with E-state index in [-0.39, 0.29) is 11.5 Å². The molecule has 3 aliphatic carbocycles. The molecule has 0 bridgehead atoms. The molecule has 1 aromatic rings. The zero-order chi connectivity index (χ0) is 16.9. The highest BCUT2D eigenvalue weighted by Gasteiger charge is 2.60. The highest BCUT2D eigenvalue weighted by atomic mass is 16.5. The zero-order valence-electron chi connectivity index (χ0n) is 14.4. The number of fused-ring (bicyclic) bond motifs is 5. The zero-order valence-corrected chi connectivity index (χ0v) is 14.4. The second-order valence-electron chi connectivity index (χ2n) is 7.99. The SMILES string of the molecule is COc1ccc2c(c1)CC[C@H]1[C@@H]3CC[C@H](O)[C@@]3(C)CC[C@]21N=[N+]=[N-]. The van der Waals surface area contributed by atoms with Gasteiger partial charge in [0.25, 0.3) is 0 Å². The van der Waals surface area contributed by atoms with Gasteiger partial charge in [-0.05, 0) is 84.6 Å². The summed E-state index contributed by atoms with van der Waals surface area (Å²) in [5.41, 5.74) is 11.3. The summed E-state index contributed by atoms with van der Waals surface area (Å²) in [5.74, 6) is 1.62. The normalized spacial score (nSPS) is 40.0. The predicted octanol–water partition coefficient (Wildman–Crippen LogP) is 4.33. The summed E-state index contributed by atoms with van der Waals surface area (Å²) in [6.45, 7) is 2.24. The summed E-state index contributed by atoms with van der Waals surface area (Å²) in [4.78, 5) is 3.26. The van der Waals surface area contributed by atoms with Gasteiger partial charge in [0.05, 0.1) is 18.8 Å². The number of methoxy groups -OCH3 is 1. The van der Waals surface area contributed by atoms with Crippen molar-refractivity contribution >= 4 is 0 Å². The Morgan fingerprint density at radius 2 is 2.08 bits per heavy atom. The van der Waals surface area contributed by atoms with Crippen molar-refractivity contribution < 1.29 is 9.84 Å². The Balaban J connectivity index is 1.84. The van der Waals surface area contributed by atoms with Crippen molar-refractivity contribution in [3.63, 3.8) is 0 Å². The number of azide groups is 1. The largest absolute Gasteiger partial charge is 0.497 e. The average molecular weight is 327 g/mol. The highest BCUT2D eigenvalue weighted by molar-refractivity contribution is 5.43. The molecule has 0 saturated heterocycles. The molecule has 24 heavy (non-hydrogen) atoms. The van der Waals surface area contributed by atoms with E-state index in [1.54, 1.807) is 7.11 Å². The maximum Gasteiger partial charge on any atom is 0.119 e. The van der Waals surface area contributed by atoms with E-state index in [0.29, 0.717) is 11.8 Å². The molecule has 0 heterocycles. The van der Waals surface area contributed by atoms with Crippen LogP contribution < -0.4 is 4.74 Å². The van der Waals surface area contributed by atoms with E-state index >= 15 is 0 Å². The summed E-state index contributed by atoms with van der Waals surface area (Å²) in [6, 6.07) is 6.17. The molecule has 128 valence electrons. The maximum absolute atomic E-state index is 10.5. The van der Waals surface area contributed by atoms with Gasteiger partial charge in [0, 0.05) is 4.91 Å². The van der Waals surface area contributed by atoms with Crippen molar-refractivity contribution in [3.05, 3.63) is 39.8 Å². The number of hydrogen-bond acceptors (Lipinski definition) is 3. The summed E-state index contributed by atoms with van der Waals surface area (Å²) in [6.07, 6.45) is 5.44. The number of hydrogen-bond donors (Lipinski definition) is 1. The van der Waals surface area contributed by atoms with Crippen LogP contribution in [0.1, 0.15) is 50.2 Å². The molecule has 2 fully saturated rings. The third-order valence-electron chi connectivity index (χ3n) is 7.23. The first-order chi connectivity index (χ1) is 11.5. The molecule has 0 spiro atoms. The van der Waals surface area contributed by atoms with Gasteiger partial charge in [-0.2, -0.15) is 0 Å². The Hall–Kier alpha value is -1.71. The number of ether oxygens (including phenoxy) is 1. The summed E-state index contributed by atoms with van der Waals surface area (Å²) in [7, 11) is 1.68. The molecule has 1 aromatic carbocycles. The lowest BCUT2D eigenvalue weighted by Gasteiger charge is -2.55. The molecule has 5 atom stereocenters. The Labute approximate surface area is 142 Å². The van der Waals surface area contributed by atoms with E-state index < -0.39 is 5.54 Å². The monoisotopic (exact) mass is 327 g/mol. The fourth-order valence-electron chi connectivity index (χ4n) is 5.90. The Bertz CT molecular complexity index is 715. The van der Waals surface area contributed by atoms with Crippen molar-refractivity contribution in [2.75, 3.05) is 7.11 Å². The maximum atomic E-state index is 10.5. The summed E-state index contributed by atoms with van der Waals surface area (Å²) >= 11 is 0. The van der Waals surface area contributed by atoms with Crippen LogP contribution in [0.25, 0.3) is 10.4 Å². The van der Waals surface area contributed by atoms with E-state index in [4.69, 9.17) is 4.74 Å². The number of aryl methyl sites for hydroxylation is 1.